The molecule has 0 amide bonds. The van der Waals surface area contributed by atoms with Crippen molar-refractivity contribution in [2.24, 2.45) is 0 Å². The fourth-order valence-corrected chi connectivity index (χ4v) is 2.11. The number of ketones is 1. The Morgan fingerprint density at radius 1 is 1.25 bits per heavy atom. The molecule has 0 aliphatic rings. The molecule has 0 unspecified atom stereocenters. The van der Waals surface area contributed by atoms with Crippen molar-refractivity contribution >= 4 is 17.1 Å². The van der Waals surface area contributed by atoms with E-state index < -0.39 is 11.6 Å². The summed E-state index contributed by atoms with van der Waals surface area (Å²) in [6, 6.07) is 3.77. The van der Waals surface area contributed by atoms with Gasteiger partial charge >= 0.3 is 0 Å². The molecule has 82 valence electrons. The molecule has 0 radical (unpaired) electrons. The van der Waals surface area contributed by atoms with E-state index in [0.29, 0.717) is 5.56 Å². The van der Waals surface area contributed by atoms with E-state index in [4.69, 9.17) is 0 Å². The number of benzene rings is 1. The second kappa shape index (κ2) is 4.14. The number of rotatable bonds is 2. The lowest BCUT2D eigenvalue weighted by Crippen LogP contribution is -1.97. The minimum Gasteiger partial charge on any atom is -0.295 e. The first-order valence-electron chi connectivity index (χ1n) is 4.62. The summed E-state index contributed by atoms with van der Waals surface area (Å²) in [6.07, 6.45) is 0. The largest absolute Gasteiger partial charge is 0.295 e. The standard InChI is InChI=1S/C12H8F2OS/c1-7(15)9-4-10(13)12(11(14)5-9)8-2-3-16-6-8/h2-6H,1H3. The Morgan fingerprint density at radius 2 is 1.88 bits per heavy atom. The summed E-state index contributed by atoms with van der Waals surface area (Å²) in [5.74, 6) is -1.76. The van der Waals surface area contributed by atoms with Crippen molar-refractivity contribution in [2.45, 2.75) is 6.92 Å². The number of Topliss-reactive ketones (excluding diaryl/α,β-unsaturated/α-hetero) is 1. The first-order chi connectivity index (χ1) is 7.59. The highest BCUT2D eigenvalue weighted by Crippen LogP contribution is 2.28. The van der Waals surface area contributed by atoms with E-state index in [1.807, 2.05) is 0 Å². The van der Waals surface area contributed by atoms with Gasteiger partial charge in [0, 0.05) is 5.56 Å². The van der Waals surface area contributed by atoms with Crippen molar-refractivity contribution in [3.63, 3.8) is 0 Å². The van der Waals surface area contributed by atoms with Gasteiger partial charge in [0.2, 0.25) is 0 Å². The summed E-state index contributed by atoms with van der Waals surface area (Å²) < 4.78 is 27.3. The highest BCUT2D eigenvalue weighted by atomic mass is 32.1. The van der Waals surface area contributed by atoms with Gasteiger partial charge < -0.3 is 0 Å². The van der Waals surface area contributed by atoms with E-state index in [-0.39, 0.29) is 16.9 Å². The average Bonchev–Trinajstić information content (AvgIpc) is 2.69. The van der Waals surface area contributed by atoms with Crippen LogP contribution in [0.3, 0.4) is 0 Å². The molecule has 0 fully saturated rings. The maximum atomic E-state index is 13.6. The number of thiophene rings is 1. The van der Waals surface area contributed by atoms with Crippen molar-refractivity contribution in [1.82, 2.24) is 0 Å². The van der Waals surface area contributed by atoms with E-state index in [2.05, 4.69) is 0 Å². The highest BCUT2D eigenvalue weighted by Gasteiger charge is 2.14. The van der Waals surface area contributed by atoms with E-state index in [9.17, 15) is 13.6 Å². The predicted octanol–water partition coefficient (Wildman–Crippen LogP) is 3.90. The Balaban J connectivity index is 2.61. The zero-order valence-electron chi connectivity index (χ0n) is 8.46. The number of carbonyl (C=O) groups is 1. The van der Waals surface area contributed by atoms with Crippen LogP contribution in [-0.4, -0.2) is 5.78 Å². The van der Waals surface area contributed by atoms with Gasteiger partial charge in [0.25, 0.3) is 0 Å². The Hall–Kier alpha value is -1.55. The minimum absolute atomic E-state index is 0.0500. The molecule has 1 aromatic carbocycles. The van der Waals surface area contributed by atoms with Gasteiger partial charge in [-0.1, -0.05) is 0 Å². The predicted molar refractivity (Wildman–Crippen MR) is 59.7 cm³/mol. The summed E-state index contributed by atoms with van der Waals surface area (Å²) in [4.78, 5) is 11.0. The van der Waals surface area contributed by atoms with Crippen LogP contribution in [0.25, 0.3) is 11.1 Å². The van der Waals surface area contributed by atoms with Crippen LogP contribution in [0, 0.1) is 11.6 Å². The molecule has 1 nitrogen and oxygen atoms in total. The Bertz CT molecular complexity index is 509. The molecule has 1 heterocycles. The second-order valence-electron chi connectivity index (χ2n) is 3.38. The summed E-state index contributed by atoms with van der Waals surface area (Å²) in [5, 5.41) is 3.40. The van der Waals surface area contributed by atoms with E-state index >= 15 is 0 Å². The van der Waals surface area contributed by atoms with Gasteiger partial charge in [0.1, 0.15) is 11.6 Å². The molecule has 0 saturated carbocycles. The summed E-state index contributed by atoms with van der Waals surface area (Å²) >= 11 is 1.36. The lowest BCUT2D eigenvalue weighted by atomic mass is 10.0. The number of hydrogen-bond donors (Lipinski definition) is 0. The van der Waals surface area contributed by atoms with Crippen LogP contribution in [0.2, 0.25) is 0 Å². The monoisotopic (exact) mass is 238 g/mol. The van der Waals surface area contributed by atoms with E-state index in [0.717, 1.165) is 12.1 Å². The number of hydrogen-bond acceptors (Lipinski definition) is 2. The van der Waals surface area contributed by atoms with Gasteiger partial charge in [-0.2, -0.15) is 11.3 Å². The quantitative estimate of drug-likeness (QED) is 0.725. The van der Waals surface area contributed by atoms with Crippen LogP contribution in [0.4, 0.5) is 8.78 Å². The van der Waals surface area contributed by atoms with Gasteiger partial charge in [-0.3, -0.25) is 4.79 Å². The maximum Gasteiger partial charge on any atom is 0.160 e. The van der Waals surface area contributed by atoms with Gasteiger partial charge in [-0.15, -0.1) is 0 Å². The van der Waals surface area contributed by atoms with E-state index in [1.165, 1.54) is 18.3 Å². The third-order valence-corrected chi connectivity index (χ3v) is 2.94. The van der Waals surface area contributed by atoms with Crippen molar-refractivity contribution in [3.8, 4) is 11.1 Å². The molecule has 0 bridgehead atoms. The summed E-state index contributed by atoms with van der Waals surface area (Å²) in [5.41, 5.74) is 0.468. The second-order valence-corrected chi connectivity index (χ2v) is 4.16. The molecule has 16 heavy (non-hydrogen) atoms. The van der Waals surface area contributed by atoms with Crippen LogP contribution in [0.1, 0.15) is 17.3 Å². The van der Waals surface area contributed by atoms with Crippen molar-refractivity contribution in [3.05, 3.63) is 46.2 Å². The number of carbonyl (C=O) groups excluding carboxylic acids is 1. The van der Waals surface area contributed by atoms with E-state index in [1.54, 1.807) is 16.8 Å². The van der Waals surface area contributed by atoms with Crippen LogP contribution in [-0.2, 0) is 0 Å². The molecule has 4 heteroatoms. The fraction of sp³-hybridized carbons (Fsp3) is 0.0833. The topological polar surface area (TPSA) is 17.1 Å². The third-order valence-electron chi connectivity index (χ3n) is 2.26. The van der Waals surface area contributed by atoms with Gasteiger partial charge in [0.15, 0.2) is 5.78 Å². The Labute approximate surface area is 95.4 Å². The molecule has 0 atom stereocenters. The first-order valence-corrected chi connectivity index (χ1v) is 5.56. The van der Waals surface area contributed by atoms with Crippen molar-refractivity contribution in [1.29, 1.82) is 0 Å². The van der Waals surface area contributed by atoms with Crippen LogP contribution >= 0.6 is 11.3 Å². The molecule has 1 aromatic heterocycles. The molecule has 0 saturated heterocycles. The summed E-state index contributed by atoms with van der Waals surface area (Å²) in [7, 11) is 0. The fourth-order valence-electron chi connectivity index (χ4n) is 1.46. The SMILES string of the molecule is CC(=O)c1cc(F)c(-c2ccsc2)c(F)c1. The third kappa shape index (κ3) is 1.88. The minimum atomic E-state index is -0.705. The molecule has 0 aliphatic carbocycles. The summed E-state index contributed by atoms with van der Waals surface area (Å²) in [6.45, 7) is 1.28. The molecule has 0 spiro atoms. The molecule has 0 aliphatic heterocycles. The zero-order valence-corrected chi connectivity index (χ0v) is 9.28. The maximum absolute atomic E-state index is 13.6. The Kier molecular flexibility index (Phi) is 2.83. The van der Waals surface area contributed by atoms with Crippen LogP contribution < -0.4 is 0 Å². The molecular formula is C12H8F2OS. The van der Waals surface area contributed by atoms with Gasteiger partial charge in [-0.25, -0.2) is 8.78 Å². The van der Waals surface area contributed by atoms with Crippen LogP contribution in [0.5, 0.6) is 0 Å². The van der Waals surface area contributed by atoms with Crippen LogP contribution in [0.15, 0.2) is 29.0 Å². The molecular weight excluding hydrogens is 230 g/mol. The number of halogens is 2. The highest BCUT2D eigenvalue weighted by molar-refractivity contribution is 7.08. The lowest BCUT2D eigenvalue weighted by Gasteiger charge is -2.04. The lowest BCUT2D eigenvalue weighted by molar-refractivity contribution is 0.101. The average molecular weight is 238 g/mol. The van der Waals surface area contributed by atoms with Crippen molar-refractivity contribution in [2.75, 3.05) is 0 Å². The van der Waals surface area contributed by atoms with Gasteiger partial charge in [0.05, 0.1) is 5.56 Å². The Morgan fingerprint density at radius 3 is 2.31 bits per heavy atom. The van der Waals surface area contributed by atoms with Crippen molar-refractivity contribution < 1.29 is 13.6 Å². The molecule has 0 N–H and O–H groups in total. The molecule has 2 aromatic rings. The smallest absolute Gasteiger partial charge is 0.160 e. The normalized spacial score (nSPS) is 10.4. The molecule has 2 rings (SSSR count). The zero-order chi connectivity index (χ0) is 11.7. The first kappa shape index (κ1) is 11.0. The van der Waals surface area contributed by atoms with Gasteiger partial charge in [-0.05, 0) is 41.4 Å².